The topological polar surface area (TPSA) is 33.5 Å². The maximum absolute atomic E-state index is 13.2. The van der Waals surface area contributed by atoms with Crippen molar-refractivity contribution in [1.82, 2.24) is 4.90 Å². The van der Waals surface area contributed by atoms with Gasteiger partial charge in [0.15, 0.2) is 0 Å². The lowest BCUT2D eigenvalue weighted by atomic mass is 10.0. The Morgan fingerprint density at radius 1 is 1.08 bits per heavy atom. The second kappa shape index (κ2) is 6.69. The molecule has 1 aliphatic carbocycles. The van der Waals surface area contributed by atoms with Crippen molar-refractivity contribution in [2.45, 2.75) is 45.8 Å². The summed E-state index contributed by atoms with van der Waals surface area (Å²) in [5.74, 6) is -0.218. The van der Waals surface area contributed by atoms with Crippen molar-refractivity contribution in [1.29, 1.82) is 0 Å². The average molecular weight is 351 g/mol. The van der Waals surface area contributed by atoms with Gasteiger partial charge in [0.05, 0.1) is 0 Å². The van der Waals surface area contributed by atoms with E-state index in [0.717, 1.165) is 34.2 Å². The smallest absolute Gasteiger partial charge is 0.336 e. The number of hydrogen-bond acceptors (Lipinski definition) is 3. The Hall–Kier alpha value is -2.46. The van der Waals surface area contributed by atoms with Crippen LogP contribution in [0.15, 0.2) is 51.7 Å². The van der Waals surface area contributed by atoms with Crippen LogP contribution in [0.25, 0.3) is 11.0 Å². The van der Waals surface area contributed by atoms with Crippen molar-refractivity contribution in [2.24, 2.45) is 0 Å². The van der Waals surface area contributed by atoms with Gasteiger partial charge in [0.1, 0.15) is 11.4 Å². The number of nitrogens with zero attached hydrogens (tertiary/aromatic N) is 1. The first-order valence-electron chi connectivity index (χ1n) is 9.03. The minimum Gasteiger partial charge on any atom is -0.422 e. The molecule has 1 aromatic heterocycles. The fourth-order valence-corrected chi connectivity index (χ4v) is 3.45. The minimum absolute atomic E-state index is 0.218. The van der Waals surface area contributed by atoms with Gasteiger partial charge in [-0.05, 0) is 61.1 Å². The van der Waals surface area contributed by atoms with Crippen LogP contribution in [0.1, 0.15) is 35.1 Å². The highest BCUT2D eigenvalue weighted by Crippen LogP contribution is 2.31. The van der Waals surface area contributed by atoms with E-state index in [9.17, 15) is 9.18 Å². The molecule has 0 radical (unpaired) electrons. The van der Waals surface area contributed by atoms with Crippen LogP contribution < -0.4 is 5.63 Å². The molecule has 4 heteroatoms. The lowest BCUT2D eigenvalue weighted by Crippen LogP contribution is -2.25. The Labute approximate surface area is 152 Å². The van der Waals surface area contributed by atoms with Gasteiger partial charge in [-0.2, -0.15) is 0 Å². The number of fused-ring (bicyclic) bond motifs is 1. The van der Waals surface area contributed by atoms with E-state index >= 15 is 0 Å². The molecule has 1 saturated carbocycles. The summed E-state index contributed by atoms with van der Waals surface area (Å²) in [6.07, 6.45) is 2.33. The second-order valence-corrected chi connectivity index (χ2v) is 7.24. The van der Waals surface area contributed by atoms with Gasteiger partial charge in [-0.25, -0.2) is 9.18 Å². The minimum atomic E-state index is -0.307. The summed E-state index contributed by atoms with van der Waals surface area (Å²) in [6, 6.07) is 12.9. The molecule has 0 bridgehead atoms. The van der Waals surface area contributed by atoms with Gasteiger partial charge < -0.3 is 4.42 Å². The largest absolute Gasteiger partial charge is 0.422 e. The molecule has 4 rings (SSSR count). The molecule has 0 aliphatic heterocycles. The second-order valence-electron chi connectivity index (χ2n) is 7.24. The van der Waals surface area contributed by atoms with E-state index in [-0.39, 0.29) is 11.4 Å². The summed E-state index contributed by atoms with van der Waals surface area (Å²) < 4.78 is 18.7. The zero-order chi connectivity index (χ0) is 18.3. The highest BCUT2D eigenvalue weighted by atomic mass is 19.1. The lowest BCUT2D eigenvalue weighted by molar-refractivity contribution is 0.246. The molecular weight excluding hydrogens is 329 g/mol. The van der Waals surface area contributed by atoms with Crippen LogP contribution in [0, 0.1) is 19.7 Å². The monoisotopic (exact) mass is 351 g/mol. The van der Waals surface area contributed by atoms with Crippen molar-refractivity contribution in [3.63, 3.8) is 0 Å². The summed E-state index contributed by atoms with van der Waals surface area (Å²) in [5, 5.41) is 0.998. The molecule has 3 aromatic rings. The van der Waals surface area contributed by atoms with Gasteiger partial charge in [0.2, 0.25) is 0 Å². The summed E-state index contributed by atoms with van der Waals surface area (Å²) in [5.41, 5.74) is 4.58. The molecule has 1 fully saturated rings. The standard InChI is InChI=1S/C22H22FNO2/c1-14-3-10-20-17(11-21(25)26-22(20)15(14)2)13-24(19-8-9-19)12-16-4-6-18(23)7-5-16/h3-7,10-11,19H,8-9,12-13H2,1-2H3. The fourth-order valence-electron chi connectivity index (χ4n) is 3.45. The van der Waals surface area contributed by atoms with Crippen LogP contribution in [0.5, 0.6) is 0 Å². The van der Waals surface area contributed by atoms with Crippen molar-refractivity contribution in [2.75, 3.05) is 0 Å². The van der Waals surface area contributed by atoms with Crippen molar-refractivity contribution in [3.8, 4) is 0 Å². The van der Waals surface area contributed by atoms with E-state index in [0.29, 0.717) is 18.2 Å². The van der Waals surface area contributed by atoms with Gasteiger partial charge in [-0.3, -0.25) is 4.90 Å². The number of halogens is 1. The van der Waals surface area contributed by atoms with Crippen LogP contribution in [0.4, 0.5) is 4.39 Å². The highest BCUT2D eigenvalue weighted by molar-refractivity contribution is 5.83. The summed E-state index contributed by atoms with van der Waals surface area (Å²) >= 11 is 0. The molecule has 0 saturated heterocycles. The van der Waals surface area contributed by atoms with Crippen LogP contribution in [0.2, 0.25) is 0 Å². The Morgan fingerprint density at radius 2 is 1.81 bits per heavy atom. The first-order valence-corrected chi connectivity index (χ1v) is 9.03. The molecule has 26 heavy (non-hydrogen) atoms. The zero-order valence-corrected chi connectivity index (χ0v) is 15.1. The van der Waals surface area contributed by atoms with E-state index in [1.807, 2.05) is 32.0 Å². The van der Waals surface area contributed by atoms with Gasteiger partial charge in [-0.1, -0.05) is 24.3 Å². The molecule has 0 spiro atoms. The van der Waals surface area contributed by atoms with Gasteiger partial charge in [0.25, 0.3) is 0 Å². The van der Waals surface area contributed by atoms with Crippen molar-refractivity contribution >= 4 is 11.0 Å². The third-order valence-electron chi connectivity index (χ3n) is 5.25. The quantitative estimate of drug-likeness (QED) is 0.624. The molecule has 1 aliphatic rings. The third kappa shape index (κ3) is 3.42. The highest BCUT2D eigenvalue weighted by Gasteiger charge is 2.29. The maximum atomic E-state index is 13.2. The van der Waals surface area contributed by atoms with Gasteiger partial charge in [-0.15, -0.1) is 0 Å². The Kier molecular flexibility index (Phi) is 4.37. The maximum Gasteiger partial charge on any atom is 0.336 e. The molecule has 2 aromatic carbocycles. The predicted molar refractivity (Wildman–Crippen MR) is 101 cm³/mol. The summed E-state index contributed by atoms with van der Waals surface area (Å²) in [6.45, 7) is 5.44. The van der Waals surface area contributed by atoms with Gasteiger partial charge >= 0.3 is 5.63 Å². The first kappa shape index (κ1) is 17.0. The normalized spacial score (nSPS) is 14.3. The Bertz CT molecular complexity index is 1000. The molecule has 0 N–H and O–H groups in total. The van der Waals surface area contributed by atoms with Gasteiger partial charge in [0, 0.05) is 30.6 Å². The lowest BCUT2D eigenvalue weighted by Gasteiger charge is -2.23. The summed E-state index contributed by atoms with van der Waals surface area (Å²) in [4.78, 5) is 14.5. The Morgan fingerprint density at radius 3 is 2.50 bits per heavy atom. The summed E-state index contributed by atoms with van der Waals surface area (Å²) in [7, 11) is 0. The molecular formula is C22H22FNO2. The molecule has 3 nitrogen and oxygen atoms in total. The molecule has 134 valence electrons. The van der Waals surface area contributed by atoms with E-state index in [1.54, 1.807) is 6.07 Å². The van der Waals surface area contributed by atoms with Crippen molar-refractivity contribution in [3.05, 3.63) is 81.0 Å². The van der Waals surface area contributed by atoms with Crippen LogP contribution >= 0.6 is 0 Å². The number of aryl methyl sites for hydroxylation is 2. The number of benzene rings is 2. The molecule has 1 heterocycles. The van der Waals surface area contributed by atoms with Crippen LogP contribution in [-0.2, 0) is 13.1 Å². The zero-order valence-electron chi connectivity index (χ0n) is 15.1. The van der Waals surface area contributed by atoms with E-state index in [4.69, 9.17) is 4.42 Å². The third-order valence-corrected chi connectivity index (χ3v) is 5.25. The molecule has 0 atom stereocenters. The van der Waals surface area contributed by atoms with E-state index in [2.05, 4.69) is 11.0 Å². The van der Waals surface area contributed by atoms with Crippen LogP contribution in [-0.4, -0.2) is 10.9 Å². The average Bonchev–Trinajstić information content (AvgIpc) is 3.45. The Balaban J connectivity index is 1.69. The first-order chi connectivity index (χ1) is 12.5. The van der Waals surface area contributed by atoms with Crippen LogP contribution in [0.3, 0.4) is 0 Å². The number of hydrogen-bond donors (Lipinski definition) is 0. The van der Waals surface area contributed by atoms with E-state index < -0.39 is 0 Å². The number of rotatable bonds is 5. The SMILES string of the molecule is Cc1ccc2c(CN(Cc3ccc(F)cc3)C3CC3)cc(=O)oc2c1C. The fraction of sp³-hybridized carbons (Fsp3) is 0.318. The predicted octanol–water partition coefficient (Wildman–Crippen LogP) is 4.71. The van der Waals surface area contributed by atoms with Crippen molar-refractivity contribution < 1.29 is 8.81 Å². The van der Waals surface area contributed by atoms with E-state index in [1.165, 1.54) is 25.0 Å². The molecule has 0 unspecified atom stereocenters. The molecule has 0 amide bonds.